The molecule has 0 radical (unpaired) electrons. The lowest BCUT2D eigenvalue weighted by molar-refractivity contribution is -0.131. The van der Waals surface area contributed by atoms with E-state index in [2.05, 4.69) is 22.4 Å². The second-order valence-electron chi connectivity index (χ2n) is 11.5. The molecular weight excluding hydrogens is 585 g/mol. The van der Waals surface area contributed by atoms with Gasteiger partial charge in [0.15, 0.2) is 5.83 Å². The van der Waals surface area contributed by atoms with Gasteiger partial charge >= 0.3 is 6.01 Å². The maximum absolute atomic E-state index is 13.8. The Balaban J connectivity index is 1.33. The van der Waals surface area contributed by atoms with Crippen molar-refractivity contribution in [3.63, 3.8) is 0 Å². The molecule has 0 unspecified atom stereocenters. The quantitative estimate of drug-likeness (QED) is 0.291. The minimum Gasteiger partial charge on any atom is -0.463 e. The van der Waals surface area contributed by atoms with Crippen molar-refractivity contribution < 1.29 is 18.7 Å². The van der Waals surface area contributed by atoms with Crippen LogP contribution in [0.2, 0.25) is 5.02 Å². The molecule has 1 aromatic heterocycles. The van der Waals surface area contributed by atoms with Crippen LogP contribution in [-0.2, 0) is 22.6 Å². The van der Waals surface area contributed by atoms with Gasteiger partial charge in [0.2, 0.25) is 12.5 Å². The number of aromatic nitrogens is 2. The molecule has 228 valence electrons. The number of hydrogen-bond donors (Lipinski definition) is 0. The number of ether oxygens (including phenoxy) is 1. The highest BCUT2D eigenvalue weighted by atomic mass is 35.5. The van der Waals surface area contributed by atoms with E-state index in [1.165, 1.54) is 4.90 Å². The molecule has 12 heteroatoms. The van der Waals surface area contributed by atoms with Crippen molar-refractivity contribution in [1.82, 2.24) is 19.8 Å². The number of halogens is 2. The van der Waals surface area contributed by atoms with Crippen LogP contribution in [0.15, 0.2) is 48.8 Å². The third-order valence-electron chi connectivity index (χ3n) is 8.64. The molecule has 0 aliphatic carbocycles. The van der Waals surface area contributed by atoms with E-state index in [-0.39, 0.29) is 30.9 Å². The van der Waals surface area contributed by atoms with Crippen LogP contribution in [0.1, 0.15) is 17.7 Å². The standard InChI is InChI=1S/C32H33ClFN7O3/c1-20(34)31(43)41-13-12-40(17-23(41)15-35-2)30-24-10-11-39(27-9-5-7-22-6-4-8-25(33)29(22)27)18-26(24)36-32(37-30)44-19-21-14-28(42)38(3)16-21/h4-9,21,23H,1,10-19H2,3H3/t21-,23-/m0/s1. The Morgan fingerprint density at radius 3 is 2.68 bits per heavy atom. The average Bonchev–Trinajstić information content (AvgIpc) is 3.35. The molecular formula is C32H33ClFN7O3. The fourth-order valence-corrected chi connectivity index (χ4v) is 6.73. The Bertz CT molecular complexity index is 1670. The maximum atomic E-state index is 13.8. The summed E-state index contributed by atoms with van der Waals surface area (Å²) in [7, 11) is 1.78. The lowest BCUT2D eigenvalue weighted by Crippen LogP contribution is -2.57. The van der Waals surface area contributed by atoms with Gasteiger partial charge in [0.05, 0.1) is 23.9 Å². The van der Waals surface area contributed by atoms with Gasteiger partial charge in [-0.3, -0.25) is 9.59 Å². The number of hydrogen-bond acceptors (Lipinski definition) is 7. The summed E-state index contributed by atoms with van der Waals surface area (Å²) in [5, 5.41) is 2.72. The second-order valence-corrected chi connectivity index (χ2v) is 11.9. The topological polar surface area (TPSA) is 86.5 Å². The summed E-state index contributed by atoms with van der Waals surface area (Å²) in [6.45, 7) is 13.7. The fraction of sp³-hybridized carbons (Fsp3) is 0.406. The molecule has 6 rings (SSSR count). The first-order chi connectivity index (χ1) is 21.2. The Hall–Kier alpha value is -4.43. The number of benzene rings is 2. The van der Waals surface area contributed by atoms with Crippen molar-refractivity contribution >= 4 is 45.7 Å². The third kappa shape index (κ3) is 5.74. The number of piperazine rings is 1. The Morgan fingerprint density at radius 1 is 1.16 bits per heavy atom. The molecule has 0 bridgehead atoms. The number of amides is 2. The maximum Gasteiger partial charge on any atom is 0.318 e. The van der Waals surface area contributed by atoms with Crippen LogP contribution in [0.5, 0.6) is 6.01 Å². The van der Waals surface area contributed by atoms with E-state index in [0.717, 1.165) is 27.7 Å². The van der Waals surface area contributed by atoms with Crippen molar-refractivity contribution in [3.8, 4) is 6.01 Å². The second kappa shape index (κ2) is 12.3. The molecule has 0 saturated carbocycles. The first-order valence-electron chi connectivity index (χ1n) is 14.7. The molecule has 4 heterocycles. The Kier molecular flexibility index (Phi) is 8.27. The van der Waals surface area contributed by atoms with Gasteiger partial charge in [0.1, 0.15) is 11.9 Å². The van der Waals surface area contributed by atoms with E-state index in [0.29, 0.717) is 63.0 Å². The molecule has 2 saturated heterocycles. The number of anilines is 2. The van der Waals surface area contributed by atoms with Crippen LogP contribution >= 0.6 is 11.6 Å². The molecule has 0 spiro atoms. The van der Waals surface area contributed by atoms with E-state index in [1.807, 2.05) is 35.2 Å². The summed E-state index contributed by atoms with van der Waals surface area (Å²) >= 11 is 6.67. The number of carbonyl (C=O) groups is 2. The fourth-order valence-electron chi connectivity index (χ4n) is 6.45. The predicted octanol–water partition coefficient (Wildman–Crippen LogP) is 4.12. The molecule has 2 aromatic carbocycles. The number of carbonyl (C=O) groups excluding carboxylic acids is 2. The smallest absolute Gasteiger partial charge is 0.318 e. The largest absolute Gasteiger partial charge is 0.463 e. The van der Waals surface area contributed by atoms with Crippen LogP contribution in [0.3, 0.4) is 0 Å². The van der Waals surface area contributed by atoms with Gasteiger partial charge in [-0.15, -0.1) is 0 Å². The van der Waals surface area contributed by atoms with Crippen LogP contribution in [0, 0.1) is 12.5 Å². The first kappa shape index (κ1) is 29.6. The molecule has 2 amide bonds. The van der Waals surface area contributed by atoms with Gasteiger partial charge in [-0.1, -0.05) is 42.4 Å². The molecule has 44 heavy (non-hydrogen) atoms. The van der Waals surface area contributed by atoms with E-state index < -0.39 is 17.8 Å². The lowest BCUT2D eigenvalue weighted by Gasteiger charge is -2.41. The van der Waals surface area contributed by atoms with Gasteiger partial charge in [0, 0.05) is 68.7 Å². The van der Waals surface area contributed by atoms with Crippen molar-refractivity contribution in [2.45, 2.75) is 25.4 Å². The van der Waals surface area contributed by atoms with E-state index >= 15 is 0 Å². The zero-order valence-corrected chi connectivity index (χ0v) is 25.3. The Labute approximate surface area is 260 Å². The molecule has 2 fully saturated rings. The minimum absolute atomic E-state index is 0.0327. The normalized spacial score (nSPS) is 20.1. The van der Waals surface area contributed by atoms with E-state index in [4.69, 9.17) is 32.9 Å². The molecule has 3 aliphatic rings. The van der Waals surface area contributed by atoms with Gasteiger partial charge in [-0.25, -0.2) is 11.0 Å². The van der Waals surface area contributed by atoms with Crippen molar-refractivity contribution in [3.05, 3.63) is 76.5 Å². The zero-order chi connectivity index (χ0) is 31.0. The number of fused-ring (bicyclic) bond motifs is 2. The van der Waals surface area contributed by atoms with Crippen LogP contribution in [0.4, 0.5) is 15.9 Å². The highest BCUT2D eigenvalue weighted by Crippen LogP contribution is 2.37. The first-order valence-corrected chi connectivity index (χ1v) is 15.0. The van der Waals surface area contributed by atoms with Gasteiger partial charge in [-0.2, -0.15) is 9.97 Å². The predicted molar refractivity (Wildman–Crippen MR) is 166 cm³/mol. The number of rotatable bonds is 7. The molecule has 2 atom stereocenters. The lowest BCUT2D eigenvalue weighted by atomic mass is 10.0. The molecule has 0 N–H and O–H groups in total. The van der Waals surface area contributed by atoms with Crippen LogP contribution < -0.4 is 14.5 Å². The Morgan fingerprint density at radius 2 is 1.95 bits per heavy atom. The number of nitrogens with zero attached hydrogens (tertiary/aromatic N) is 7. The SMILES string of the molecule is [C-]#[N+]C[C@H]1CN(c2nc(OC[C@H]3CC(=O)N(C)C3)nc3c2CCN(c2cccc4cccc(Cl)c24)C3)CCN1C(=O)C(=C)F. The number of likely N-dealkylation sites (tertiary alicyclic amines) is 1. The van der Waals surface area contributed by atoms with Gasteiger partial charge in [0.25, 0.3) is 5.91 Å². The monoisotopic (exact) mass is 617 g/mol. The van der Waals surface area contributed by atoms with Gasteiger partial charge < -0.3 is 29.2 Å². The van der Waals surface area contributed by atoms with Crippen molar-refractivity contribution in [1.29, 1.82) is 0 Å². The van der Waals surface area contributed by atoms with Crippen LogP contribution in [0.25, 0.3) is 15.6 Å². The molecule has 10 nitrogen and oxygen atoms in total. The molecule has 3 aliphatic heterocycles. The average molecular weight is 618 g/mol. The minimum atomic E-state index is -1.03. The summed E-state index contributed by atoms with van der Waals surface area (Å²) < 4.78 is 19.9. The van der Waals surface area contributed by atoms with E-state index in [1.54, 1.807) is 11.9 Å². The van der Waals surface area contributed by atoms with Crippen LogP contribution in [-0.4, -0.2) is 90.5 Å². The highest BCUT2D eigenvalue weighted by molar-refractivity contribution is 6.36. The zero-order valence-electron chi connectivity index (χ0n) is 24.5. The molecule has 3 aromatic rings. The highest BCUT2D eigenvalue weighted by Gasteiger charge is 2.36. The summed E-state index contributed by atoms with van der Waals surface area (Å²) in [5.41, 5.74) is 2.81. The van der Waals surface area contributed by atoms with Crippen molar-refractivity contribution in [2.75, 3.05) is 62.7 Å². The summed E-state index contributed by atoms with van der Waals surface area (Å²) in [4.78, 5) is 45.2. The summed E-state index contributed by atoms with van der Waals surface area (Å²) in [6.07, 6.45) is 1.07. The van der Waals surface area contributed by atoms with Crippen molar-refractivity contribution in [2.24, 2.45) is 5.92 Å². The third-order valence-corrected chi connectivity index (χ3v) is 8.96. The summed E-state index contributed by atoms with van der Waals surface area (Å²) in [5.74, 6) is -0.998. The summed E-state index contributed by atoms with van der Waals surface area (Å²) in [6, 6.07) is 11.7. The van der Waals surface area contributed by atoms with E-state index in [9.17, 15) is 14.0 Å². The van der Waals surface area contributed by atoms with Gasteiger partial charge in [-0.05, 0) is 23.9 Å².